The standard InChI is InChI=1S/C17H21N3O3S/c21-24(22,15-9-5-2-6-10-15)20-11-14(12-20)17-18-16(19-23-17)13-7-3-1-4-8-13/h1,3-4,7-8,14-15H,2,5-6,9-12H2. The molecule has 2 aliphatic rings. The molecule has 0 radical (unpaired) electrons. The van der Waals surface area contributed by atoms with E-state index in [1.807, 2.05) is 30.3 Å². The first-order valence-corrected chi connectivity index (χ1v) is 10.0. The van der Waals surface area contributed by atoms with Gasteiger partial charge in [-0.05, 0) is 12.8 Å². The Balaban J connectivity index is 1.42. The van der Waals surface area contributed by atoms with Gasteiger partial charge in [0.15, 0.2) is 0 Å². The Kier molecular flexibility index (Phi) is 4.14. The molecular weight excluding hydrogens is 326 g/mol. The van der Waals surface area contributed by atoms with Crippen LogP contribution in [0.25, 0.3) is 11.4 Å². The minimum absolute atomic E-state index is 0.00771. The van der Waals surface area contributed by atoms with Crippen LogP contribution in [0.3, 0.4) is 0 Å². The van der Waals surface area contributed by atoms with Crippen LogP contribution in [0.4, 0.5) is 0 Å². The van der Waals surface area contributed by atoms with E-state index in [2.05, 4.69) is 10.1 Å². The zero-order chi connectivity index (χ0) is 16.6. The summed E-state index contributed by atoms with van der Waals surface area (Å²) in [5.74, 6) is 1.09. The van der Waals surface area contributed by atoms with Crippen molar-refractivity contribution in [3.8, 4) is 11.4 Å². The average Bonchev–Trinajstić information content (AvgIpc) is 3.04. The van der Waals surface area contributed by atoms with Gasteiger partial charge in [-0.25, -0.2) is 8.42 Å². The minimum Gasteiger partial charge on any atom is -0.339 e. The van der Waals surface area contributed by atoms with Gasteiger partial charge in [0.2, 0.25) is 21.7 Å². The molecule has 2 aromatic rings. The summed E-state index contributed by atoms with van der Waals surface area (Å²) >= 11 is 0. The lowest BCUT2D eigenvalue weighted by Gasteiger charge is -2.39. The van der Waals surface area contributed by atoms with Gasteiger partial charge in [-0.1, -0.05) is 54.8 Å². The minimum atomic E-state index is -3.17. The summed E-state index contributed by atoms with van der Waals surface area (Å²) in [5, 5.41) is 3.81. The van der Waals surface area contributed by atoms with Crippen molar-refractivity contribution >= 4 is 10.0 Å². The van der Waals surface area contributed by atoms with Crippen molar-refractivity contribution < 1.29 is 12.9 Å². The summed E-state index contributed by atoms with van der Waals surface area (Å²) in [5.41, 5.74) is 0.901. The lowest BCUT2D eigenvalue weighted by molar-refractivity contribution is 0.213. The van der Waals surface area contributed by atoms with Gasteiger partial charge in [0.05, 0.1) is 11.2 Å². The molecule has 0 N–H and O–H groups in total. The maximum absolute atomic E-state index is 12.6. The molecule has 0 amide bonds. The molecule has 0 atom stereocenters. The summed E-state index contributed by atoms with van der Waals surface area (Å²) < 4.78 is 32.2. The Morgan fingerprint density at radius 2 is 1.75 bits per heavy atom. The summed E-state index contributed by atoms with van der Waals surface area (Å²) in [6, 6.07) is 9.63. The Morgan fingerprint density at radius 1 is 1.04 bits per heavy atom. The maximum atomic E-state index is 12.6. The van der Waals surface area contributed by atoms with Gasteiger partial charge < -0.3 is 4.52 Å². The second-order valence-corrected chi connectivity index (χ2v) is 8.85. The second-order valence-electron chi connectivity index (χ2n) is 6.64. The van der Waals surface area contributed by atoms with Crippen LogP contribution in [0.15, 0.2) is 34.9 Å². The number of hydrogen-bond acceptors (Lipinski definition) is 5. The second kappa shape index (κ2) is 6.29. The third-order valence-electron chi connectivity index (χ3n) is 5.00. The van der Waals surface area contributed by atoms with E-state index >= 15 is 0 Å². The quantitative estimate of drug-likeness (QED) is 0.850. The predicted molar refractivity (Wildman–Crippen MR) is 89.8 cm³/mol. The van der Waals surface area contributed by atoms with Crippen molar-refractivity contribution in [3.05, 3.63) is 36.2 Å². The van der Waals surface area contributed by atoms with Crippen LogP contribution in [0.5, 0.6) is 0 Å². The highest BCUT2D eigenvalue weighted by Crippen LogP contribution is 2.34. The molecule has 4 rings (SSSR count). The normalized spacial score (nSPS) is 20.8. The lowest BCUT2D eigenvalue weighted by atomic mass is 10.0. The van der Waals surface area contributed by atoms with Crippen molar-refractivity contribution in [1.82, 2.24) is 14.4 Å². The topological polar surface area (TPSA) is 76.3 Å². The maximum Gasteiger partial charge on any atom is 0.232 e. The van der Waals surface area contributed by atoms with Gasteiger partial charge in [0.1, 0.15) is 0 Å². The van der Waals surface area contributed by atoms with Crippen molar-refractivity contribution in [2.45, 2.75) is 43.3 Å². The highest BCUT2D eigenvalue weighted by Gasteiger charge is 2.43. The molecule has 24 heavy (non-hydrogen) atoms. The Bertz CT molecular complexity index is 791. The molecule has 0 unspecified atom stereocenters. The van der Waals surface area contributed by atoms with Crippen LogP contribution in [-0.2, 0) is 10.0 Å². The molecule has 1 aromatic carbocycles. The molecule has 1 aromatic heterocycles. The Morgan fingerprint density at radius 3 is 2.46 bits per heavy atom. The van der Waals surface area contributed by atoms with E-state index in [-0.39, 0.29) is 11.2 Å². The molecule has 128 valence electrons. The SMILES string of the molecule is O=S(=O)(C1CCCCC1)N1CC(c2nc(-c3ccccc3)no2)C1. The highest BCUT2D eigenvalue weighted by molar-refractivity contribution is 7.89. The van der Waals surface area contributed by atoms with Crippen molar-refractivity contribution in [2.75, 3.05) is 13.1 Å². The summed E-state index contributed by atoms with van der Waals surface area (Å²) in [6.45, 7) is 0.907. The highest BCUT2D eigenvalue weighted by atomic mass is 32.2. The molecular formula is C17H21N3O3S. The summed E-state index contributed by atoms with van der Waals surface area (Å²) in [7, 11) is -3.17. The van der Waals surface area contributed by atoms with Crippen molar-refractivity contribution in [2.24, 2.45) is 0 Å². The average molecular weight is 347 g/mol. The smallest absolute Gasteiger partial charge is 0.232 e. The van der Waals surface area contributed by atoms with Crippen LogP contribution >= 0.6 is 0 Å². The number of hydrogen-bond donors (Lipinski definition) is 0. The molecule has 6 nitrogen and oxygen atoms in total. The first kappa shape index (κ1) is 15.8. The third-order valence-corrected chi connectivity index (χ3v) is 7.34. The van der Waals surface area contributed by atoms with Crippen LogP contribution in [0.2, 0.25) is 0 Å². The van der Waals surface area contributed by atoms with Gasteiger partial charge in [-0.15, -0.1) is 0 Å². The Hall–Kier alpha value is -1.73. The van der Waals surface area contributed by atoms with E-state index in [0.717, 1.165) is 37.7 Å². The molecule has 0 bridgehead atoms. The number of benzene rings is 1. The molecule has 1 saturated carbocycles. The monoisotopic (exact) mass is 347 g/mol. The first-order valence-electron chi connectivity index (χ1n) is 8.52. The van der Waals surface area contributed by atoms with E-state index in [0.29, 0.717) is 24.8 Å². The van der Waals surface area contributed by atoms with E-state index in [9.17, 15) is 8.42 Å². The fourth-order valence-corrected chi connectivity index (χ4v) is 5.61. The molecule has 1 saturated heterocycles. The largest absolute Gasteiger partial charge is 0.339 e. The first-order chi connectivity index (χ1) is 11.6. The van der Waals surface area contributed by atoms with E-state index in [1.165, 1.54) is 0 Å². The molecule has 1 aliphatic carbocycles. The summed E-state index contributed by atoms with van der Waals surface area (Å²) in [6.07, 6.45) is 4.78. The van der Waals surface area contributed by atoms with Crippen LogP contribution in [-0.4, -0.2) is 41.2 Å². The summed E-state index contributed by atoms with van der Waals surface area (Å²) in [4.78, 5) is 4.43. The van der Waals surface area contributed by atoms with Gasteiger partial charge in [-0.2, -0.15) is 9.29 Å². The van der Waals surface area contributed by atoms with Gasteiger partial charge in [0, 0.05) is 18.7 Å². The zero-order valence-electron chi connectivity index (χ0n) is 13.5. The van der Waals surface area contributed by atoms with Crippen molar-refractivity contribution in [3.63, 3.8) is 0 Å². The third kappa shape index (κ3) is 2.86. The van der Waals surface area contributed by atoms with E-state index in [4.69, 9.17) is 4.52 Å². The molecule has 2 fully saturated rings. The lowest BCUT2D eigenvalue weighted by Crippen LogP contribution is -2.52. The number of aromatic nitrogens is 2. The van der Waals surface area contributed by atoms with Gasteiger partial charge in [0.25, 0.3) is 0 Å². The van der Waals surface area contributed by atoms with Crippen LogP contribution in [0.1, 0.15) is 43.9 Å². The zero-order valence-corrected chi connectivity index (χ0v) is 14.3. The van der Waals surface area contributed by atoms with E-state index < -0.39 is 10.0 Å². The fourth-order valence-electron chi connectivity index (χ4n) is 3.48. The van der Waals surface area contributed by atoms with Gasteiger partial charge in [-0.3, -0.25) is 0 Å². The number of rotatable bonds is 4. The number of sulfonamides is 1. The fraction of sp³-hybridized carbons (Fsp3) is 0.529. The van der Waals surface area contributed by atoms with Crippen LogP contribution < -0.4 is 0 Å². The molecule has 1 aliphatic heterocycles. The van der Waals surface area contributed by atoms with Crippen LogP contribution in [0, 0.1) is 0 Å². The van der Waals surface area contributed by atoms with Gasteiger partial charge >= 0.3 is 0 Å². The van der Waals surface area contributed by atoms with Crippen molar-refractivity contribution in [1.29, 1.82) is 0 Å². The van der Waals surface area contributed by atoms with E-state index in [1.54, 1.807) is 4.31 Å². The molecule has 0 spiro atoms. The molecule has 2 heterocycles. The Labute approximate surface area is 141 Å². The molecule has 7 heteroatoms. The number of nitrogens with zero attached hydrogens (tertiary/aromatic N) is 3. The predicted octanol–water partition coefficient (Wildman–Crippen LogP) is 2.80.